The minimum absolute atomic E-state index is 0.257. The van der Waals surface area contributed by atoms with Crippen molar-refractivity contribution >= 4 is 34.1 Å². The van der Waals surface area contributed by atoms with Crippen molar-refractivity contribution in [2.45, 2.75) is 19.1 Å². The maximum Gasteiger partial charge on any atom is 0.337 e. The Morgan fingerprint density at radius 1 is 1.06 bits per heavy atom. The van der Waals surface area contributed by atoms with Crippen LogP contribution < -0.4 is 9.64 Å². The van der Waals surface area contributed by atoms with Crippen molar-refractivity contribution in [3.63, 3.8) is 0 Å². The average Bonchev–Trinajstić information content (AvgIpc) is 3.38. The van der Waals surface area contributed by atoms with Crippen LogP contribution in [-0.2, 0) is 9.53 Å². The Labute approximate surface area is 193 Å². The SMILES string of the molecule is COC(=O)c1cccc(C2C(C(=O)c3ccc(OC)cc3)C(O)C(=O)N2c2nnc(C)s2)c1. The highest BCUT2D eigenvalue weighted by atomic mass is 32.1. The van der Waals surface area contributed by atoms with Crippen molar-refractivity contribution in [1.82, 2.24) is 10.2 Å². The first-order valence-corrected chi connectivity index (χ1v) is 10.8. The summed E-state index contributed by atoms with van der Waals surface area (Å²) < 4.78 is 9.95. The molecular weight excluding hydrogens is 446 g/mol. The number of carbonyl (C=O) groups excluding carboxylic acids is 3. The van der Waals surface area contributed by atoms with Crippen LogP contribution in [0, 0.1) is 12.8 Å². The number of ether oxygens (including phenoxy) is 2. The molecule has 10 heteroatoms. The number of methoxy groups -OCH3 is 2. The van der Waals surface area contributed by atoms with E-state index < -0.39 is 35.7 Å². The summed E-state index contributed by atoms with van der Waals surface area (Å²) in [7, 11) is 2.78. The Morgan fingerprint density at radius 3 is 2.39 bits per heavy atom. The Hall–Kier alpha value is -3.63. The zero-order chi connectivity index (χ0) is 23.7. The van der Waals surface area contributed by atoms with Crippen LogP contribution in [0.4, 0.5) is 5.13 Å². The van der Waals surface area contributed by atoms with E-state index >= 15 is 0 Å². The fourth-order valence-corrected chi connectivity index (χ4v) is 4.65. The largest absolute Gasteiger partial charge is 0.497 e. The third kappa shape index (κ3) is 4.10. The van der Waals surface area contributed by atoms with Crippen molar-refractivity contribution < 1.29 is 29.0 Å². The minimum atomic E-state index is -1.60. The first-order chi connectivity index (χ1) is 15.8. The summed E-state index contributed by atoms with van der Waals surface area (Å²) in [4.78, 5) is 40.1. The highest BCUT2D eigenvalue weighted by Gasteiger charge is 2.53. The molecule has 2 heterocycles. The molecule has 1 saturated heterocycles. The number of aromatic nitrogens is 2. The average molecular weight is 468 g/mol. The van der Waals surface area contributed by atoms with Crippen LogP contribution in [0.25, 0.3) is 0 Å². The summed E-state index contributed by atoms with van der Waals surface area (Å²) in [5.41, 5.74) is 1.06. The van der Waals surface area contributed by atoms with E-state index in [1.807, 2.05) is 0 Å². The van der Waals surface area contributed by atoms with Gasteiger partial charge in [0.2, 0.25) is 5.13 Å². The third-order valence-electron chi connectivity index (χ3n) is 5.50. The summed E-state index contributed by atoms with van der Waals surface area (Å²) in [6, 6.07) is 12.0. The van der Waals surface area contributed by atoms with E-state index in [-0.39, 0.29) is 10.7 Å². The van der Waals surface area contributed by atoms with Gasteiger partial charge in [0.05, 0.1) is 31.7 Å². The second-order valence-corrected chi connectivity index (χ2v) is 8.60. The number of rotatable bonds is 6. The summed E-state index contributed by atoms with van der Waals surface area (Å²) in [5, 5.41) is 19.8. The van der Waals surface area contributed by atoms with Crippen molar-refractivity contribution in [3.05, 3.63) is 70.2 Å². The first-order valence-electron chi connectivity index (χ1n) is 10.0. The molecule has 0 saturated carbocycles. The van der Waals surface area contributed by atoms with Crippen LogP contribution in [0.15, 0.2) is 48.5 Å². The van der Waals surface area contributed by atoms with Gasteiger partial charge in [0.15, 0.2) is 5.78 Å². The lowest BCUT2D eigenvalue weighted by molar-refractivity contribution is -0.124. The van der Waals surface area contributed by atoms with Gasteiger partial charge in [-0.1, -0.05) is 23.5 Å². The smallest absolute Gasteiger partial charge is 0.337 e. The van der Waals surface area contributed by atoms with Gasteiger partial charge in [-0.15, -0.1) is 10.2 Å². The van der Waals surface area contributed by atoms with Gasteiger partial charge >= 0.3 is 5.97 Å². The van der Waals surface area contributed by atoms with Gasteiger partial charge < -0.3 is 14.6 Å². The topological polar surface area (TPSA) is 119 Å². The molecule has 4 rings (SSSR count). The maximum absolute atomic E-state index is 13.5. The van der Waals surface area contributed by atoms with E-state index in [0.717, 1.165) is 0 Å². The van der Waals surface area contributed by atoms with Gasteiger partial charge in [-0.05, 0) is 48.9 Å². The predicted octanol–water partition coefficient (Wildman–Crippen LogP) is 2.59. The molecule has 9 nitrogen and oxygen atoms in total. The lowest BCUT2D eigenvalue weighted by Gasteiger charge is -2.26. The molecule has 1 N–H and O–H groups in total. The van der Waals surface area contributed by atoms with Crippen LogP contribution in [-0.4, -0.2) is 53.3 Å². The van der Waals surface area contributed by atoms with E-state index in [0.29, 0.717) is 21.9 Å². The minimum Gasteiger partial charge on any atom is -0.497 e. The lowest BCUT2D eigenvalue weighted by Crippen LogP contribution is -2.30. The molecule has 3 atom stereocenters. The molecule has 0 radical (unpaired) electrons. The molecule has 0 spiro atoms. The van der Waals surface area contributed by atoms with E-state index in [9.17, 15) is 19.5 Å². The molecule has 1 aliphatic heterocycles. The molecule has 1 fully saturated rings. The van der Waals surface area contributed by atoms with Gasteiger partial charge in [0.1, 0.15) is 16.9 Å². The van der Waals surface area contributed by atoms with Crippen molar-refractivity contribution in [1.29, 1.82) is 0 Å². The summed E-state index contributed by atoms with van der Waals surface area (Å²) in [6.07, 6.45) is -1.60. The normalized spacial score (nSPS) is 20.1. The number of aliphatic hydroxyl groups excluding tert-OH is 1. The molecule has 3 aromatic rings. The standard InChI is InChI=1S/C23H21N3O6S/c1-12-24-25-23(33-12)26-18(14-5-4-6-15(11-14)22(30)32-3)17(20(28)21(26)29)19(27)13-7-9-16(31-2)10-8-13/h4-11,17-18,20,28H,1-3H3. The fraction of sp³-hybridized carbons (Fsp3) is 0.261. The van der Waals surface area contributed by atoms with E-state index in [1.54, 1.807) is 55.5 Å². The number of aliphatic hydroxyl groups is 1. The van der Waals surface area contributed by atoms with Gasteiger partial charge in [0.25, 0.3) is 5.91 Å². The van der Waals surface area contributed by atoms with Crippen LogP contribution in [0.3, 0.4) is 0 Å². The number of benzene rings is 2. The zero-order valence-corrected chi connectivity index (χ0v) is 18.9. The van der Waals surface area contributed by atoms with Crippen molar-refractivity contribution in [2.24, 2.45) is 5.92 Å². The van der Waals surface area contributed by atoms with E-state index in [2.05, 4.69) is 10.2 Å². The molecule has 1 amide bonds. The molecule has 3 unspecified atom stereocenters. The number of nitrogens with zero attached hydrogens (tertiary/aromatic N) is 3. The van der Waals surface area contributed by atoms with Gasteiger partial charge in [-0.2, -0.15) is 0 Å². The van der Waals surface area contributed by atoms with Gasteiger partial charge in [0, 0.05) is 5.56 Å². The molecule has 0 bridgehead atoms. The molecule has 33 heavy (non-hydrogen) atoms. The molecule has 1 aliphatic rings. The quantitative estimate of drug-likeness (QED) is 0.434. The first kappa shape index (κ1) is 22.6. The Kier molecular flexibility index (Phi) is 6.21. The molecule has 0 aliphatic carbocycles. The number of hydrogen-bond donors (Lipinski definition) is 1. The highest BCUT2D eigenvalue weighted by molar-refractivity contribution is 7.15. The van der Waals surface area contributed by atoms with Crippen molar-refractivity contribution in [2.75, 3.05) is 19.1 Å². The monoisotopic (exact) mass is 467 g/mol. The van der Waals surface area contributed by atoms with Crippen LogP contribution in [0.2, 0.25) is 0 Å². The predicted molar refractivity (Wildman–Crippen MR) is 119 cm³/mol. The highest BCUT2D eigenvalue weighted by Crippen LogP contribution is 2.44. The number of esters is 1. The van der Waals surface area contributed by atoms with Crippen LogP contribution in [0.5, 0.6) is 5.75 Å². The second kappa shape index (κ2) is 9.08. The van der Waals surface area contributed by atoms with Crippen LogP contribution in [0.1, 0.15) is 37.3 Å². The summed E-state index contributed by atoms with van der Waals surface area (Å²) >= 11 is 1.17. The third-order valence-corrected chi connectivity index (χ3v) is 6.33. The molecular formula is C23H21N3O6S. The second-order valence-electron chi connectivity index (χ2n) is 7.44. The lowest BCUT2D eigenvalue weighted by atomic mass is 9.85. The Bertz CT molecular complexity index is 1210. The maximum atomic E-state index is 13.5. The number of Topliss-reactive ketones (excluding diaryl/α,β-unsaturated/α-hetero) is 1. The molecule has 170 valence electrons. The Balaban J connectivity index is 1.83. The summed E-state index contributed by atoms with van der Waals surface area (Å²) in [5.74, 6) is -2.20. The van der Waals surface area contributed by atoms with E-state index in [1.165, 1.54) is 30.5 Å². The number of carbonyl (C=O) groups is 3. The van der Waals surface area contributed by atoms with E-state index in [4.69, 9.17) is 9.47 Å². The van der Waals surface area contributed by atoms with Crippen molar-refractivity contribution in [3.8, 4) is 5.75 Å². The van der Waals surface area contributed by atoms with Gasteiger partial charge in [-0.25, -0.2) is 4.79 Å². The molecule has 2 aromatic carbocycles. The number of ketones is 1. The number of aryl methyl sites for hydroxylation is 1. The van der Waals surface area contributed by atoms with Gasteiger partial charge in [-0.3, -0.25) is 14.5 Å². The number of hydrogen-bond acceptors (Lipinski definition) is 9. The fourth-order valence-electron chi connectivity index (χ4n) is 3.92. The number of anilines is 1. The summed E-state index contributed by atoms with van der Waals surface area (Å²) in [6.45, 7) is 1.74. The van der Waals surface area contributed by atoms with Crippen LogP contribution >= 0.6 is 11.3 Å². The Morgan fingerprint density at radius 2 is 1.79 bits per heavy atom. The number of amides is 1. The zero-order valence-electron chi connectivity index (χ0n) is 18.1. The molecule has 1 aromatic heterocycles.